The van der Waals surface area contributed by atoms with Crippen LogP contribution in [0.2, 0.25) is 0 Å². The van der Waals surface area contributed by atoms with Crippen LogP contribution in [-0.2, 0) is 16.1 Å². The summed E-state index contributed by atoms with van der Waals surface area (Å²) in [6.07, 6.45) is 1.58. The predicted molar refractivity (Wildman–Crippen MR) is 73.0 cm³/mol. The van der Waals surface area contributed by atoms with Crippen molar-refractivity contribution in [2.75, 3.05) is 19.0 Å². The molecule has 1 atom stereocenters. The number of esters is 1. The summed E-state index contributed by atoms with van der Waals surface area (Å²) in [7, 11) is 1.24. The number of nitrogens with one attached hydrogen (secondary N) is 1. The minimum Gasteiger partial charge on any atom is -0.468 e. The van der Waals surface area contributed by atoms with Gasteiger partial charge in [-0.05, 0) is 29.3 Å². The second-order valence-electron chi connectivity index (χ2n) is 3.98. The molecule has 1 aromatic heterocycles. The molecule has 1 aromatic rings. The molecule has 106 valence electrons. The van der Waals surface area contributed by atoms with Crippen LogP contribution in [0.25, 0.3) is 0 Å². The Morgan fingerprint density at radius 3 is 2.95 bits per heavy atom. The van der Waals surface area contributed by atoms with Crippen LogP contribution in [0.3, 0.4) is 0 Å². The zero-order chi connectivity index (χ0) is 14.4. The third-order valence-corrected chi connectivity index (χ3v) is 3.14. The van der Waals surface area contributed by atoms with Crippen molar-refractivity contribution in [2.45, 2.75) is 26.0 Å². The number of ether oxygens (including phenoxy) is 1. The van der Waals surface area contributed by atoms with E-state index in [1.54, 1.807) is 6.92 Å². The third-order valence-electron chi connectivity index (χ3n) is 2.37. The van der Waals surface area contributed by atoms with E-state index in [0.29, 0.717) is 18.7 Å². The fraction of sp³-hybridized carbons (Fsp3) is 0.545. The molecule has 0 saturated carbocycles. The molecule has 19 heavy (non-hydrogen) atoms. The van der Waals surface area contributed by atoms with Gasteiger partial charge in [0.15, 0.2) is 0 Å². The summed E-state index contributed by atoms with van der Waals surface area (Å²) in [5, 5.41) is 16.0. The number of carbonyl (C=O) groups excluding carboxylic acids is 1. The van der Waals surface area contributed by atoms with Crippen LogP contribution >= 0.6 is 15.9 Å². The highest BCUT2D eigenvalue weighted by Gasteiger charge is 2.11. The summed E-state index contributed by atoms with van der Waals surface area (Å²) >= 11 is 3.16. The van der Waals surface area contributed by atoms with Gasteiger partial charge in [0.05, 0.1) is 25.1 Å². The maximum Gasteiger partial charge on any atom is 0.327 e. The van der Waals surface area contributed by atoms with Crippen molar-refractivity contribution in [1.82, 2.24) is 9.78 Å². The number of hydrogen-bond donors (Lipinski definition) is 2. The Hall–Kier alpha value is -1.41. The molecule has 1 unspecified atom stereocenters. The third kappa shape index (κ3) is 4.64. The highest BCUT2D eigenvalue weighted by atomic mass is 79.9. The van der Waals surface area contributed by atoms with E-state index in [9.17, 15) is 9.59 Å². The summed E-state index contributed by atoms with van der Waals surface area (Å²) in [5.74, 6) is -0.545. The number of rotatable bonds is 6. The average Bonchev–Trinajstić information content (AvgIpc) is 2.37. The first-order valence-electron chi connectivity index (χ1n) is 5.70. The normalized spacial score (nSPS) is 12.0. The lowest BCUT2D eigenvalue weighted by atomic mass is 10.3. The molecule has 8 heteroatoms. The molecule has 0 bridgehead atoms. The molecular weight excluding hydrogens is 318 g/mol. The summed E-state index contributed by atoms with van der Waals surface area (Å²) in [4.78, 5) is 23.0. The average molecular weight is 334 g/mol. The molecule has 2 N–H and O–H groups in total. The number of halogens is 1. The lowest BCUT2D eigenvalue weighted by Crippen LogP contribution is -2.28. The van der Waals surface area contributed by atoms with Crippen molar-refractivity contribution >= 4 is 27.6 Å². The highest BCUT2D eigenvalue weighted by Crippen LogP contribution is 2.16. The molecule has 0 radical (unpaired) electrons. The molecule has 0 amide bonds. The van der Waals surface area contributed by atoms with Gasteiger partial charge >= 0.3 is 5.97 Å². The number of aliphatic hydroxyl groups excluding tert-OH is 1. The minimum atomic E-state index is -0.545. The van der Waals surface area contributed by atoms with Gasteiger partial charge in [-0.25, -0.2) is 4.68 Å². The van der Waals surface area contributed by atoms with E-state index in [4.69, 9.17) is 5.11 Å². The topological polar surface area (TPSA) is 93.5 Å². The van der Waals surface area contributed by atoms with Gasteiger partial charge in [-0.3, -0.25) is 9.59 Å². The van der Waals surface area contributed by atoms with Crippen molar-refractivity contribution in [2.24, 2.45) is 0 Å². The molecule has 0 aliphatic carbocycles. The Balaban J connectivity index is 2.80. The number of nitrogens with zero attached hydrogens (tertiary/aromatic N) is 2. The van der Waals surface area contributed by atoms with Gasteiger partial charge < -0.3 is 15.2 Å². The Labute approximate surface area is 118 Å². The second-order valence-corrected chi connectivity index (χ2v) is 4.77. The quantitative estimate of drug-likeness (QED) is 0.730. The Kier molecular flexibility index (Phi) is 5.97. The molecule has 0 fully saturated rings. The number of carbonyl (C=O) groups is 1. The summed E-state index contributed by atoms with van der Waals surface area (Å²) in [5.41, 5.74) is 0.0965. The molecular formula is C11H16BrN3O4. The molecule has 0 saturated heterocycles. The van der Waals surface area contributed by atoms with Crippen LogP contribution in [0.1, 0.15) is 13.3 Å². The largest absolute Gasteiger partial charge is 0.468 e. The van der Waals surface area contributed by atoms with Crippen molar-refractivity contribution in [1.29, 1.82) is 0 Å². The van der Waals surface area contributed by atoms with Gasteiger partial charge in [0.2, 0.25) is 0 Å². The smallest absolute Gasteiger partial charge is 0.327 e. The van der Waals surface area contributed by atoms with E-state index in [2.05, 4.69) is 31.1 Å². The van der Waals surface area contributed by atoms with Gasteiger partial charge in [0.1, 0.15) is 11.0 Å². The van der Waals surface area contributed by atoms with Crippen LogP contribution in [0.5, 0.6) is 0 Å². The highest BCUT2D eigenvalue weighted by molar-refractivity contribution is 9.10. The molecule has 0 aliphatic heterocycles. The van der Waals surface area contributed by atoms with Gasteiger partial charge in [0.25, 0.3) is 5.56 Å². The number of aliphatic hydroxyl groups is 1. The standard InChI is InChI=1S/C11H16BrN3O4/c1-7(16)3-4-13-8-5-14-15(6-9(17)19-2)11(18)10(8)12/h5,7,13,16H,3-4,6H2,1-2H3. The van der Waals surface area contributed by atoms with Crippen LogP contribution in [0.4, 0.5) is 5.69 Å². The van der Waals surface area contributed by atoms with Crippen LogP contribution < -0.4 is 10.9 Å². The van der Waals surface area contributed by atoms with Crippen molar-refractivity contribution in [3.8, 4) is 0 Å². The van der Waals surface area contributed by atoms with Crippen LogP contribution in [0, 0.1) is 0 Å². The van der Waals surface area contributed by atoms with Gasteiger partial charge in [-0.2, -0.15) is 5.10 Å². The van der Waals surface area contributed by atoms with Crippen molar-refractivity contribution < 1.29 is 14.6 Å². The maximum absolute atomic E-state index is 11.9. The van der Waals surface area contributed by atoms with Gasteiger partial charge in [0, 0.05) is 6.54 Å². The molecule has 0 spiro atoms. The predicted octanol–water partition coefficient (Wildman–Crippen LogP) is 0.362. The summed E-state index contributed by atoms with van der Waals surface area (Å²) in [6, 6.07) is 0. The van der Waals surface area contributed by atoms with Gasteiger partial charge in [-0.1, -0.05) is 0 Å². The van der Waals surface area contributed by atoms with Crippen LogP contribution in [0.15, 0.2) is 15.5 Å². The molecule has 0 aromatic carbocycles. The monoisotopic (exact) mass is 333 g/mol. The first-order chi connectivity index (χ1) is 8.95. The number of hydrogen-bond acceptors (Lipinski definition) is 6. The van der Waals surface area contributed by atoms with E-state index in [0.717, 1.165) is 4.68 Å². The number of methoxy groups -OCH3 is 1. The lowest BCUT2D eigenvalue weighted by Gasteiger charge is -2.10. The fourth-order valence-electron chi connectivity index (χ4n) is 1.30. The van der Waals surface area contributed by atoms with Crippen molar-refractivity contribution in [3.05, 3.63) is 21.0 Å². The molecule has 1 heterocycles. The first kappa shape index (κ1) is 15.6. The fourth-order valence-corrected chi connectivity index (χ4v) is 1.75. The first-order valence-corrected chi connectivity index (χ1v) is 6.49. The summed E-state index contributed by atoms with van der Waals surface area (Å²) < 4.78 is 5.77. The number of anilines is 1. The Bertz CT molecular complexity index is 501. The SMILES string of the molecule is COC(=O)Cn1ncc(NCCC(C)O)c(Br)c1=O. The van der Waals surface area contributed by atoms with E-state index < -0.39 is 17.6 Å². The van der Waals surface area contributed by atoms with Gasteiger partial charge in [-0.15, -0.1) is 0 Å². The number of aromatic nitrogens is 2. The molecule has 1 rings (SSSR count). The molecule has 7 nitrogen and oxygen atoms in total. The Morgan fingerprint density at radius 1 is 1.68 bits per heavy atom. The van der Waals surface area contributed by atoms with Crippen molar-refractivity contribution in [3.63, 3.8) is 0 Å². The second kappa shape index (κ2) is 7.25. The van der Waals surface area contributed by atoms with E-state index in [1.165, 1.54) is 13.3 Å². The lowest BCUT2D eigenvalue weighted by molar-refractivity contribution is -0.141. The summed E-state index contributed by atoms with van der Waals surface area (Å²) in [6.45, 7) is 1.96. The zero-order valence-corrected chi connectivity index (χ0v) is 12.3. The molecule has 0 aliphatic rings. The van der Waals surface area contributed by atoms with E-state index in [1.807, 2.05) is 0 Å². The zero-order valence-electron chi connectivity index (χ0n) is 10.7. The Morgan fingerprint density at radius 2 is 2.37 bits per heavy atom. The van der Waals surface area contributed by atoms with E-state index >= 15 is 0 Å². The van der Waals surface area contributed by atoms with Crippen LogP contribution in [-0.4, -0.2) is 40.6 Å². The minimum absolute atomic E-state index is 0.234. The van der Waals surface area contributed by atoms with E-state index in [-0.39, 0.29) is 11.0 Å². The maximum atomic E-state index is 11.9.